The molecule has 126 valence electrons. The fourth-order valence-corrected chi connectivity index (χ4v) is 4.62. The number of anilines is 1. The maximum absolute atomic E-state index is 12.7. The Labute approximate surface area is 156 Å². The Morgan fingerprint density at radius 3 is 2.71 bits per heavy atom. The topological polar surface area (TPSA) is 32.3 Å². The first-order valence-electron chi connectivity index (χ1n) is 7.67. The maximum atomic E-state index is 12.7. The highest BCUT2D eigenvalue weighted by Crippen LogP contribution is 2.40. The molecule has 2 aromatic rings. The van der Waals surface area contributed by atoms with E-state index in [1.165, 1.54) is 16.7 Å². The first-order chi connectivity index (χ1) is 11.5. The Kier molecular flexibility index (Phi) is 5.28. The van der Waals surface area contributed by atoms with Gasteiger partial charge in [-0.05, 0) is 43.2 Å². The van der Waals surface area contributed by atoms with E-state index in [0.717, 1.165) is 5.75 Å². The molecular formula is C18H18Cl2N2OS. The largest absolute Gasteiger partial charge is 0.323 e. The molecule has 24 heavy (non-hydrogen) atoms. The molecule has 1 aliphatic heterocycles. The first-order valence-corrected chi connectivity index (χ1v) is 9.47. The minimum absolute atomic E-state index is 0.0247. The quantitative estimate of drug-likeness (QED) is 0.704. The van der Waals surface area contributed by atoms with Gasteiger partial charge in [0, 0.05) is 17.3 Å². The summed E-state index contributed by atoms with van der Waals surface area (Å²) in [6, 6.07) is 11.3. The van der Waals surface area contributed by atoms with Gasteiger partial charge in [-0.2, -0.15) is 0 Å². The van der Waals surface area contributed by atoms with Crippen molar-refractivity contribution in [2.45, 2.75) is 19.2 Å². The summed E-state index contributed by atoms with van der Waals surface area (Å²) < 4.78 is 0. The number of carbonyl (C=O) groups excluding carboxylic acids is 1. The fourth-order valence-electron chi connectivity index (χ4n) is 2.82. The van der Waals surface area contributed by atoms with Gasteiger partial charge >= 0.3 is 6.03 Å². The average molecular weight is 381 g/mol. The molecular weight excluding hydrogens is 363 g/mol. The molecule has 1 unspecified atom stereocenters. The molecule has 1 saturated heterocycles. The summed E-state index contributed by atoms with van der Waals surface area (Å²) in [4.78, 5) is 14.6. The Hall–Kier alpha value is -1.36. The lowest BCUT2D eigenvalue weighted by Gasteiger charge is -2.26. The maximum Gasteiger partial charge on any atom is 0.323 e. The SMILES string of the molecule is Cc1ccc(C2SCCN2C(=O)Nc2ccc(Cl)cc2Cl)c(C)c1. The number of aryl methyl sites for hydroxylation is 2. The normalized spacial score (nSPS) is 17.2. The van der Waals surface area contributed by atoms with Crippen LogP contribution in [-0.4, -0.2) is 23.2 Å². The van der Waals surface area contributed by atoms with E-state index < -0.39 is 0 Å². The molecule has 0 radical (unpaired) electrons. The second-order valence-corrected chi connectivity index (χ2v) is 7.86. The Morgan fingerprint density at radius 2 is 2.00 bits per heavy atom. The highest BCUT2D eigenvalue weighted by molar-refractivity contribution is 7.99. The number of thioether (sulfide) groups is 1. The zero-order valence-electron chi connectivity index (χ0n) is 13.5. The van der Waals surface area contributed by atoms with Crippen LogP contribution in [0.25, 0.3) is 0 Å². The monoisotopic (exact) mass is 380 g/mol. The van der Waals surface area contributed by atoms with Crippen molar-refractivity contribution in [3.8, 4) is 0 Å². The lowest BCUT2D eigenvalue weighted by Crippen LogP contribution is -2.34. The first kappa shape index (κ1) is 17.5. The van der Waals surface area contributed by atoms with E-state index in [0.29, 0.717) is 22.3 Å². The van der Waals surface area contributed by atoms with E-state index in [1.807, 2.05) is 4.90 Å². The molecule has 3 rings (SSSR count). The number of hydrogen-bond acceptors (Lipinski definition) is 2. The number of benzene rings is 2. The van der Waals surface area contributed by atoms with Gasteiger partial charge < -0.3 is 10.2 Å². The molecule has 2 aromatic carbocycles. The predicted molar refractivity (Wildman–Crippen MR) is 103 cm³/mol. The van der Waals surface area contributed by atoms with Crippen LogP contribution in [0, 0.1) is 13.8 Å². The zero-order valence-corrected chi connectivity index (χ0v) is 15.8. The molecule has 1 aliphatic rings. The number of halogens is 2. The van der Waals surface area contributed by atoms with Crippen LogP contribution >= 0.6 is 35.0 Å². The van der Waals surface area contributed by atoms with Crippen molar-refractivity contribution >= 4 is 46.7 Å². The molecule has 1 N–H and O–H groups in total. The third kappa shape index (κ3) is 3.66. The molecule has 0 spiro atoms. The molecule has 1 atom stereocenters. The van der Waals surface area contributed by atoms with Gasteiger partial charge in [-0.25, -0.2) is 4.79 Å². The summed E-state index contributed by atoms with van der Waals surface area (Å²) in [6.07, 6.45) is 0. The third-order valence-corrected chi connectivity index (χ3v) is 5.81. The second kappa shape index (κ2) is 7.26. The van der Waals surface area contributed by atoms with Crippen molar-refractivity contribution in [3.05, 3.63) is 63.1 Å². The number of urea groups is 1. The van der Waals surface area contributed by atoms with E-state index in [-0.39, 0.29) is 11.4 Å². The fraction of sp³-hybridized carbons (Fsp3) is 0.278. The van der Waals surface area contributed by atoms with Crippen molar-refractivity contribution < 1.29 is 4.79 Å². The van der Waals surface area contributed by atoms with Crippen LogP contribution in [0.2, 0.25) is 10.0 Å². The molecule has 0 saturated carbocycles. The van der Waals surface area contributed by atoms with Crippen LogP contribution in [0.4, 0.5) is 10.5 Å². The lowest BCUT2D eigenvalue weighted by atomic mass is 10.1. The van der Waals surface area contributed by atoms with Crippen molar-refractivity contribution in [1.29, 1.82) is 0 Å². The van der Waals surface area contributed by atoms with E-state index in [9.17, 15) is 4.79 Å². The number of nitrogens with one attached hydrogen (secondary N) is 1. The summed E-state index contributed by atoms with van der Waals surface area (Å²) in [7, 11) is 0. The van der Waals surface area contributed by atoms with E-state index in [4.69, 9.17) is 23.2 Å². The Balaban J connectivity index is 1.81. The minimum Gasteiger partial charge on any atom is -0.308 e. The van der Waals surface area contributed by atoms with Gasteiger partial charge in [-0.1, -0.05) is 47.0 Å². The number of amides is 2. The summed E-state index contributed by atoms with van der Waals surface area (Å²) in [5.74, 6) is 0.916. The number of carbonyl (C=O) groups is 1. The zero-order chi connectivity index (χ0) is 17.3. The van der Waals surface area contributed by atoms with Crippen LogP contribution in [0.5, 0.6) is 0 Å². The summed E-state index contributed by atoms with van der Waals surface area (Å²) in [5.41, 5.74) is 4.18. The van der Waals surface area contributed by atoms with Gasteiger partial charge in [0.25, 0.3) is 0 Å². The molecule has 6 heteroatoms. The number of nitrogens with zero attached hydrogens (tertiary/aromatic N) is 1. The van der Waals surface area contributed by atoms with Crippen molar-refractivity contribution in [3.63, 3.8) is 0 Å². The van der Waals surface area contributed by atoms with Crippen LogP contribution < -0.4 is 5.32 Å². The Morgan fingerprint density at radius 1 is 1.21 bits per heavy atom. The van der Waals surface area contributed by atoms with E-state index in [2.05, 4.69) is 37.4 Å². The van der Waals surface area contributed by atoms with Gasteiger partial charge in [-0.3, -0.25) is 0 Å². The van der Waals surface area contributed by atoms with Crippen molar-refractivity contribution in [2.24, 2.45) is 0 Å². The number of rotatable bonds is 2. The highest BCUT2D eigenvalue weighted by atomic mass is 35.5. The standard InChI is InChI=1S/C18H18Cl2N2OS/c1-11-3-5-14(12(2)9-11)17-22(7-8-24-17)18(23)21-16-6-4-13(19)10-15(16)20/h3-6,9-10,17H,7-8H2,1-2H3,(H,21,23). The highest BCUT2D eigenvalue weighted by Gasteiger charge is 2.31. The third-order valence-electron chi connectivity index (χ3n) is 4.02. The predicted octanol–water partition coefficient (Wildman–Crippen LogP) is 5.89. The molecule has 0 bridgehead atoms. The van der Waals surface area contributed by atoms with Crippen molar-refractivity contribution in [2.75, 3.05) is 17.6 Å². The van der Waals surface area contributed by atoms with Gasteiger partial charge in [0.05, 0.1) is 10.7 Å². The van der Waals surface area contributed by atoms with E-state index in [1.54, 1.807) is 30.0 Å². The van der Waals surface area contributed by atoms with Crippen LogP contribution in [0.3, 0.4) is 0 Å². The molecule has 2 amide bonds. The molecule has 0 aliphatic carbocycles. The summed E-state index contributed by atoms with van der Waals surface area (Å²) in [6.45, 7) is 4.87. The van der Waals surface area contributed by atoms with Crippen molar-refractivity contribution in [1.82, 2.24) is 4.90 Å². The molecule has 3 nitrogen and oxygen atoms in total. The summed E-state index contributed by atoms with van der Waals surface area (Å²) in [5, 5.41) is 3.90. The minimum atomic E-state index is -0.144. The van der Waals surface area contributed by atoms with E-state index >= 15 is 0 Å². The van der Waals surface area contributed by atoms with Crippen LogP contribution in [0.15, 0.2) is 36.4 Å². The van der Waals surface area contributed by atoms with Crippen LogP contribution in [0.1, 0.15) is 22.1 Å². The molecule has 0 aromatic heterocycles. The smallest absolute Gasteiger partial charge is 0.308 e. The van der Waals surface area contributed by atoms with Gasteiger partial charge in [0.15, 0.2) is 0 Å². The van der Waals surface area contributed by atoms with Gasteiger partial charge in [0.2, 0.25) is 0 Å². The van der Waals surface area contributed by atoms with Gasteiger partial charge in [0.1, 0.15) is 5.37 Å². The number of hydrogen-bond donors (Lipinski definition) is 1. The van der Waals surface area contributed by atoms with Gasteiger partial charge in [-0.15, -0.1) is 11.8 Å². The average Bonchev–Trinajstić information content (AvgIpc) is 2.99. The second-order valence-electron chi connectivity index (χ2n) is 5.83. The molecule has 1 heterocycles. The van der Waals surface area contributed by atoms with Crippen LogP contribution in [-0.2, 0) is 0 Å². The molecule has 1 fully saturated rings. The lowest BCUT2D eigenvalue weighted by molar-refractivity contribution is 0.214. The summed E-state index contributed by atoms with van der Waals surface area (Å²) >= 11 is 13.8. The Bertz CT molecular complexity index is 782.